The van der Waals surface area contributed by atoms with Crippen molar-refractivity contribution in [3.8, 4) is 0 Å². The maximum atomic E-state index is 12.2. The number of benzene rings is 1. The lowest BCUT2D eigenvalue weighted by Crippen LogP contribution is -2.27. The summed E-state index contributed by atoms with van der Waals surface area (Å²) in [5, 5.41) is 19.2. The monoisotopic (exact) mass is 461 g/mol. The van der Waals surface area contributed by atoms with Gasteiger partial charge in [-0.15, -0.1) is 21.5 Å². The maximum Gasteiger partial charge on any atom is 0.238 e. The molecule has 0 bridgehead atoms. The van der Waals surface area contributed by atoms with Gasteiger partial charge in [-0.1, -0.05) is 23.9 Å². The second-order valence-corrected chi connectivity index (χ2v) is 10.1. The smallest absolute Gasteiger partial charge is 0.238 e. The van der Waals surface area contributed by atoms with Crippen molar-refractivity contribution in [1.82, 2.24) is 19.9 Å². The third-order valence-corrected chi connectivity index (χ3v) is 7.33. The summed E-state index contributed by atoms with van der Waals surface area (Å²) in [5.74, 6) is 0.937. The molecule has 4 rings (SSSR count). The van der Waals surface area contributed by atoms with Gasteiger partial charge in [0.15, 0.2) is 0 Å². The van der Waals surface area contributed by atoms with Crippen molar-refractivity contribution >= 4 is 54.8 Å². The van der Waals surface area contributed by atoms with Gasteiger partial charge in [-0.25, -0.2) is 13.6 Å². The first-order valence-electron chi connectivity index (χ1n) is 9.06. The number of thioether (sulfide) groups is 1. The summed E-state index contributed by atoms with van der Waals surface area (Å²) in [5.41, 5.74) is 2.97. The highest BCUT2D eigenvalue weighted by atomic mass is 32.2. The molecule has 0 aliphatic heterocycles. The molecule has 156 valence electrons. The lowest BCUT2D eigenvalue weighted by molar-refractivity contribution is -0.118. The van der Waals surface area contributed by atoms with E-state index in [-0.39, 0.29) is 16.6 Å². The summed E-state index contributed by atoms with van der Waals surface area (Å²) >= 11 is 3.01. The number of nitrogens with zero attached hydrogens (tertiary/aromatic N) is 3. The van der Waals surface area contributed by atoms with Crippen molar-refractivity contribution in [2.75, 3.05) is 12.3 Å². The number of hydrogen-bond donors (Lipinski definition) is 2. The number of primary sulfonamides is 1. The summed E-state index contributed by atoms with van der Waals surface area (Å²) in [6.45, 7) is 2.36. The van der Waals surface area contributed by atoms with Crippen LogP contribution in [-0.4, -0.2) is 41.2 Å². The van der Waals surface area contributed by atoms with Crippen LogP contribution in [0, 0.1) is 6.92 Å². The number of carbonyl (C=O) groups excluding carboxylic acids is 1. The minimum absolute atomic E-state index is 0.0717. The number of thiophene rings is 1. The van der Waals surface area contributed by atoms with Crippen LogP contribution in [0.3, 0.4) is 0 Å². The molecule has 4 aromatic rings. The Labute approximate surface area is 181 Å². The minimum atomic E-state index is -3.70. The molecule has 3 aromatic heterocycles. The van der Waals surface area contributed by atoms with Gasteiger partial charge in [-0.2, -0.15) is 0 Å². The Morgan fingerprint density at radius 2 is 1.97 bits per heavy atom. The number of aryl methyl sites for hydroxylation is 1. The van der Waals surface area contributed by atoms with E-state index in [0.717, 1.165) is 32.1 Å². The van der Waals surface area contributed by atoms with E-state index in [2.05, 4.69) is 32.0 Å². The topological polar surface area (TPSA) is 119 Å². The molecule has 1 aromatic carbocycles. The third-order valence-electron chi connectivity index (χ3n) is 4.58. The maximum absolute atomic E-state index is 12.2. The highest BCUT2D eigenvalue weighted by molar-refractivity contribution is 8.00. The fraction of sp³-hybridized carbons (Fsp3) is 0.211. The largest absolute Gasteiger partial charge is 0.355 e. The second-order valence-electron chi connectivity index (χ2n) is 6.67. The molecule has 0 saturated heterocycles. The van der Waals surface area contributed by atoms with Crippen LogP contribution in [0.15, 0.2) is 51.7 Å². The minimum Gasteiger partial charge on any atom is -0.355 e. The van der Waals surface area contributed by atoms with E-state index in [1.807, 2.05) is 12.3 Å². The lowest BCUT2D eigenvalue weighted by atomic mass is 10.1. The molecule has 8 nitrogen and oxygen atoms in total. The fourth-order valence-electron chi connectivity index (χ4n) is 3.13. The number of carbonyl (C=O) groups is 1. The van der Waals surface area contributed by atoms with Gasteiger partial charge in [-0.05, 0) is 48.6 Å². The van der Waals surface area contributed by atoms with Crippen LogP contribution >= 0.6 is 23.1 Å². The molecular weight excluding hydrogens is 442 g/mol. The molecule has 0 unspecified atom stereocenters. The number of rotatable bonds is 7. The Balaban J connectivity index is 1.34. The number of amides is 1. The molecule has 1 amide bonds. The molecule has 0 aliphatic carbocycles. The van der Waals surface area contributed by atoms with E-state index in [1.165, 1.54) is 23.9 Å². The van der Waals surface area contributed by atoms with Crippen LogP contribution in [0.1, 0.15) is 11.4 Å². The predicted molar refractivity (Wildman–Crippen MR) is 118 cm³/mol. The van der Waals surface area contributed by atoms with Crippen LogP contribution < -0.4 is 10.5 Å². The van der Waals surface area contributed by atoms with Crippen molar-refractivity contribution in [3.63, 3.8) is 0 Å². The molecule has 0 spiro atoms. The first-order chi connectivity index (χ1) is 14.3. The predicted octanol–water partition coefficient (Wildman–Crippen LogP) is 2.35. The summed E-state index contributed by atoms with van der Waals surface area (Å²) in [7, 11) is -3.70. The molecule has 0 saturated carbocycles. The number of aromatic nitrogens is 3. The number of sulfonamides is 1. The number of nitrogens with one attached hydrogen (secondary N) is 1. The number of nitrogens with two attached hydrogens (primary N) is 1. The quantitative estimate of drug-likeness (QED) is 0.408. The summed E-state index contributed by atoms with van der Waals surface area (Å²) in [4.78, 5) is 12.3. The van der Waals surface area contributed by atoms with E-state index in [4.69, 9.17) is 5.14 Å². The zero-order valence-corrected chi connectivity index (χ0v) is 18.5. The zero-order valence-electron chi connectivity index (χ0n) is 16.0. The van der Waals surface area contributed by atoms with Crippen LogP contribution in [0.2, 0.25) is 0 Å². The molecular formula is C19H19N5O3S3. The Bertz CT molecular complexity index is 1330. The van der Waals surface area contributed by atoms with Crippen LogP contribution in [-0.2, 0) is 21.2 Å². The average Bonchev–Trinajstić information content (AvgIpc) is 3.29. The van der Waals surface area contributed by atoms with E-state index >= 15 is 0 Å². The van der Waals surface area contributed by atoms with Gasteiger partial charge in [0.1, 0.15) is 10.9 Å². The number of fused-ring (bicyclic) bond motifs is 3. The third kappa shape index (κ3) is 4.33. The molecule has 0 aliphatic rings. The van der Waals surface area contributed by atoms with Crippen molar-refractivity contribution in [2.45, 2.75) is 23.3 Å². The molecule has 3 N–H and O–H groups in total. The Kier molecular flexibility index (Phi) is 5.78. The number of hydrogen-bond acceptors (Lipinski definition) is 7. The average molecular weight is 462 g/mol. The van der Waals surface area contributed by atoms with Crippen LogP contribution in [0.4, 0.5) is 0 Å². The highest BCUT2D eigenvalue weighted by Gasteiger charge is 2.14. The van der Waals surface area contributed by atoms with Crippen molar-refractivity contribution in [3.05, 3.63) is 53.2 Å². The summed E-state index contributed by atoms with van der Waals surface area (Å²) in [6.07, 6.45) is 0.588. The van der Waals surface area contributed by atoms with Gasteiger partial charge in [0.05, 0.1) is 26.4 Å². The van der Waals surface area contributed by atoms with E-state index in [0.29, 0.717) is 13.0 Å². The normalized spacial score (nSPS) is 11.9. The SMILES string of the molecule is Cc1nnc(SCC(=O)NCCc2ccc(S(N)(=O)=O)cc2)c2cc3sccc3n12. The zero-order chi connectivity index (χ0) is 21.3. The van der Waals surface area contributed by atoms with Gasteiger partial charge < -0.3 is 5.32 Å². The van der Waals surface area contributed by atoms with Gasteiger partial charge in [0, 0.05) is 6.54 Å². The standard InChI is InChI=1S/C19H19N5O3S3/c1-12-22-23-19(16-10-17-15(24(12)16)7-9-28-17)29-11-18(25)21-8-6-13-2-4-14(5-3-13)30(20,26)27/h2-5,7,9-10H,6,8,11H2,1H3,(H,21,25)(H2,20,26,27). The van der Waals surface area contributed by atoms with E-state index in [1.54, 1.807) is 23.5 Å². The highest BCUT2D eigenvalue weighted by Crippen LogP contribution is 2.30. The summed E-state index contributed by atoms with van der Waals surface area (Å²) in [6, 6.07) is 10.4. The Morgan fingerprint density at radius 1 is 1.20 bits per heavy atom. The molecule has 3 heterocycles. The van der Waals surface area contributed by atoms with Gasteiger partial charge in [-0.3, -0.25) is 9.20 Å². The van der Waals surface area contributed by atoms with Crippen LogP contribution in [0.5, 0.6) is 0 Å². The lowest BCUT2D eigenvalue weighted by Gasteiger charge is -2.07. The first kappa shape index (κ1) is 20.8. The molecule has 11 heteroatoms. The van der Waals surface area contributed by atoms with E-state index in [9.17, 15) is 13.2 Å². The second kappa shape index (κ2) is 8.34. The van der Waals surface area contributed by atoms with Gasteiger partial charge in [0.2, 0.25) is 15.9 Å². The van der Waals surface area contributed by atoms with Crippen molar-refractivity contribution in [1.29, 1.82) is 0 Å². The summed E-state index contributed by atoms with van der Waals surface area (Å²) < 4.78 is 25.8. The Morgan fingerprint density at radius 3 is 2.70 bits per heavy atom. The van der Waals surface area contributed by atoms with Crippen molar-refractivity contribution < 1.29 is 13.2 Å². The molecule has 0 atom stereocenters. The van der Waals surface area contributed by atoms with E-state index < -0.39 is 10.0 Å². The molecule has 30 heavy (non-hydrogen) atoms. The van der Waals surface area contributed by atoms with Crippen molar-refractivity contribution in [2.24, 2.45) is 5.14 Å². The first-order valence-corrected chi connectivity index (χ1v) is 12.5. The fourth-order valence-corrected chi connectivity index (χ4v) is 5.21. The Hall–Kier alpha value is -2.47. The van der Waals surface area contributed by atoms with Gasteiger partial charge >= 0.3 is 0 Å². The van der Waals surface area contributed by atoms with Gasteiger partial charge in [0.25, 0.3) is 0 Å². The van der Waals surface area contributed by atoms with Crippen LogP contribution in [0.25, 0.3) is 15.7 Å². The molecule has 0 radical (unpaired) electrons. The molecule has 0 fully saturated rings.